The highest BCUT2D eigenvalue weighted by Crippen LogP contribution is 2.43. The number of Topliss-reactive ketones (excluding diaryl/α,β-unsaturated/α-hetero) is 1. The van der Waals surface area contributed by atoms with Gasteiger partial charge in [0.2, 0.25) is 0 Å². The summed E-state index contributed by atoms with van der Waals surface area (Å²) in [6.07, 6.45) is 7.18. The monoisotopic (exact) mass is 454 g/mol. The predicted molar refractivity (Wildman–Crippen MR) is 133 cm³/mol. The molecule has 2 aliphatic carbocycles. The summed E-state index contributed by atoms with van der Waals surface area (Å²) in [6.45, 7) is 14.7. The highest BCUT2D eigenvalue weighted by molar-refractivity contribution is 6.25. The molecule has 1 atom stereocenters. The van der Waals surface area contributed by atoms with Crippen LogP contribution in [0, 0.1) is 38.0 Å². The van der Waals surface area contributed by atoms with Crippen LogP contribution in [0.3, 0.4) is 0 Å². The molecule has 1 fully saturated rings. The number of esters is 1. The third-order valence-corrected chi connectivity index (χ3v) is 7.05. The van der Waals surface area contributed by atoms with Gasteiger partial charge in [0.15, 0.2) is 5.78 Å². The fourth-order valence-corrected chi connectivity index (χ4v) is 5.37. The van der Waals surface area contributed by atoms with Gasteiger partial charge >= 0.3 is 5.97 Å². The lowest BCUT2D eigenvalue weighted by Gasteiger charge is -2.29. The number of hydrogen-bond acceptors (Lipinski definition) is 4. The Kier molecular flexibility index (Phi) is 8.21. The van der Waals surface area contributed by atoms with Gasteiger partial charge < -0.3 is 9.47 Å². The van der Waals surface area contributed by atoms with Crippen molar-refractivity contribution >= 4 is 17.3 Å². The Morgan fingerprint density at radius 1 is 1.03 bits per heavy atom. The number of benzene rings is 1. The van der Waals surface area contributed by atoms with E-state index in [1.165, 1.54) is 5.56 Å². The van der Waals surface area contributed by atoms with Crippen molar-refractivity contribution in [2.45, 2.75) is 99.5 Å². The highest BCUT2D eigenvalue weighted by Gasteiger charge is 2.40. The lowest BCUT2D eigenvalue weighted by Crippen LogP contribution is -2.24. The summed E-state index contributed by atoms with van der Waals surface area (Å²) in [7, 11) is 0. The Hall–Kier alpha value is -1.94. The van der Waals surface area contributed by atoms with Crippen LogP contribution in [-0.4, -0.2) is 24.5 Å². The van der Waals surface area contributed by atoms with Crippen molar-refractivity contribution in [3.8, 4) is 0 Å². The predicted octanol–water partition coefficient (Wildman–Crippen LogP) is 6.88. The number of hydrogen-bond donors (Lipinski definition) is 0. The first kappa shape index (κ1) is 25.7. The number of carbonyl (C=O) groups excluding carboxylic acids is 2. The second-order valence-corrected chi connectivity index (χ2v) is 11.2. The zero-order valence-corrected chi connectivity index (χ0v) is 21.7. The van der Waals surface area contributed by atoms with Crippen LogP contribution in [0.4, 0.5) is 0 Å². The Morgan fingerprint density at radius 3 is 2.18 bits per heavy atom. The number of carbonyl (C=O) groups is 2. The maximum atomic E-state index is 13.7. The van der Waals surface area contributed by atoms with Crippen molar-refractivity contribution in [3.05, 3.63) is 40.1 Å². The van der Waals surface area contributed by atoms with Crippen LogP contribution >= 0.6 is 0 Å². The summed E-state index contributed by atoms with van der Waals surface area (Å²) in [4.78, 5) is 26.5. The maximum Gasteiger partial charge on any atom is 0.316 e. The zero-order valence-electron chi connectivity index (χ0n) is 21.7. The number of ketones is 1. The van der Waals surface area contributed by atoms with Crippen LogP contribution in [0.15, 0.2) is 17.9 Å². The molecule has 1 unspecified atom stereocenters. The molecule has 1 aromatic rings. The normalized spacial score (nSPS) is 23.8. The molecule has 0 aromatic heterocycles. The van der Waals surface area contributed by atoms with Crippen molar-refractivity contribution in [2.75, 3.05) is 6.61 Å². The molecule has 182 valence electrons. The van der Waals surface area contributed by atoms with Gasteiger partial charge in [0.05, 0.1) is 17.1 Å². The summed E-state index contributed by atoms with van der Waals surface area (Å²) >= 11 is 0. The summed E-state index contributed by atoms with van der Waals surface area (Å²) in [5.41, 5.74) is 4.26. The SMILES string of the molecule is CCCOC1CCC(CC2CC(OC(=O)C(C)(C)C)=C(c3c(C)cc(C)cc3C)C2=O)CC1. The van der Waals surface area contributed by atoms with Crippen LogP contribution in [0.1, 0.15) is 94.9 Å². The quantitative estimate of drug-likeness (QED) is 0.422. The fraction of sp³-hybridized carbons (Fsp3) is 0.655. The number of aryl methyl sites for hydroxylation is 3. The van der Waals surface area contributed by atoms with Crippen molar-refractivity contribution in [2.24, 2.45) is 17.3 Å². The number of rotatable bonds is 7. The highest BCUT2D eigenvalue weighted by atomic mass is 16.5. The Balaban J connectivity index is 1.82. The van der Waals surface area contributed by atoms with Crippen molar-refractivity contribution in [1.29, 1.82) is 0 Å². The molecule has 4 nitrogen and oxygen atoms in total. The van der Waals surface area contributed by atoms with E-state index in [2.05, 4.69) is 26.0 Å². The summed E-state index contributed by atoms with van der Waals surface area (Å²) in [5.74, 6) is 0.853. The second kappa shape index (κ2) is 10.5. The van der Waals surface area contributed by atoms with Gasteiger partial charge in [-0.2, -0.15) is 0 Å². The molecule has 33 heavy (non-hydrogen) atoms. The third kappa shape index (κ3) is 6.15. The first-order chi connectivity index (χ1) is 15.5. The minimum Gasteiger partial charge on any atom is -0.430 e. The van der Waals surface area contributed by atoms with E-state index in [1.54, 1.807) is 0 Å². The van der Waals surface area contributed by atoms with E-state index in [9.17, 15) is 9.59 Å². The third-order valence-electron chi connectivity index (χ3n) is 7.05. The van der Waals surface area contributed by atoms with Crippen LogP contribution < -0.4 is 0 Å². The summed E-state index contributed by atoms with van der Waals surface area (Å²) in [5, 5.41) is 0. The standard InChI is InChI=1S/C29H42O4/c1-8-13-32-23-11-9-21(10-12-23)16-22-17-24(33-28(31)29(5,6)7)26(27(22)30)25-19(3)14-18(2)15-20(25)4/h14-15,21-23H,8-13,16-17H2,1-7H3. The van der Waals surface area contributed by atoms with Gasteiger partial charge in [0, 0.05) is 18.9 Å². The van der Waals surface area contributed by atoms with E-state index >= 15 is 0 Å². The summed E-state index contributed by atoms with van der Waals surface area (Å²) in [6, 6.07) is 4.22. The zero-order chi connectivity index (χ0) is 24.3. The summed E-state index contributed by atoms with van der Waals surface area (Å²) < 4.78 is 11.9. The van der Waals surface area contributed by atoms with E-state index in [0.29, 0.717) is 29.8 Å². The van der Waals surface area contributed by atoms with Crippen molar-refractivity contribution < 1.29 is 19.1 Å². The van der Waals surface area contributed by atoms with E-state index in [1.807, 2.05) is 34.6 Å². The molecular formula is C29H42O4. The molecular weight excluding hydrogens is 412 g/mol. The molecule has 0 heterocycles. The molecule has 0 bridgehead atoms. The average Bonchev–Trinajstić information content (AvgIpc) is 3.01. The maximum absolute atomic E-state index is 13.7. The lowest BCUT2D eigenvalue weighted by molar-refractivity contribution is -0.148. The Labute approximate surface area is 200 Å². The molecule has 0 radical (unpaired) electrons. The topological polar surface area (TPSA) is 52.6 Å². The molecule has 4 heteroatoms. The molecule has 0 N–H and O–H groups in total. The molecule has 2 aliphatic rings. The smallest absolute Gasteiger partial charge is 0.316 e. The van der Waals surface area contributed by atoms with Crippen molar-refractivity contribution in [1.82, 2.24) is 0 Å². The van der Waals surface area contributed by atoms with E-state index < -0.39 is 5.41 Å². The van der Waals surface area contributed by atoms with Gasteiger partial charge in [-0.1, -0.05) is 24.6 Å². The van der Waals surface area contributed by atoms with Crippen molar-refractivity contribution in [3.63, 3.8) is 0 Å². The van der Waals surface area contributed by atoms with Crippen LogP contribution in [0.5, 0.6) is 0 Å². The second-order valence-electron chi connectivity index (χ2n) is 11.2. The average molecular weight is 455 g/mol. The minimum absolute atomic E-state index is 0.110. The molecule has 1 aromatic carbocycles. The molecule has 0 saturated heterocycles. The van der Waals surface area contributed by atoms with Gasteiger partial charge in [-0.15, -0.1) is 0 Å². The molecule has 1 saturated carbocycles. The van der Waals surface area contributed by atoms with Gasteiger partial charge in [-0.25, -0.2) is 0 Å². The fourth-order valence-electron chi connectivity index (χ4n) is 5.37. The van der Waals surface area contributed by atoms with E-state index in [4.69, 9.17) is 9.47 Å². The molecule has 0 spiro atoms. The Bertz CT molecular complexity index is 887. The molecule has 0 amide bonds. The van der Waals surface area contributed by atoms with Crippen LogP contribution in [-0.2, 0) is 19.1 Å². The van der Waals surface area contributed by atoms with Crippen LogP contribution in [0.25, 0.3) is 5.57 Å². The van der Waals surface area contributed by atoms with Crippen LogP contribution in [0.2, 0.25) is 0 Å². The largest absolute Gasteiger partial charge is 0.430 e. The molecule has 3 rings (SSSR count). The van der Waals surface area contributed by atoms with Gasteiger partial charge in [-0.05, 0) is 103 Å². The molecule has 0 aliphatic heterocycles. The Morgan fingerprint density at radius 2 is 1.64 bits per heavy atom. The first-order valence-electron chi connectivity index (χ1n) is 12.7. The van der Waals surface area contributed by atoms with E-state index in [0.717, 1.165) is 61.8 Å². The first-order valence-corrected chi connectivity index (χ1v) is 12.7. The minimum atomic E-state index is -0.618. The van der Waals surface area contributed by atoms with Gasteiger partial charge in [0.25, 0.3) is 0 Å². The van der Waals surface area contributed by atoms with E-state index in [-0.39, 0.29) is 17.7 Å². The van der Waals surface area contributed by atoms with Gasteiger partial charge in [-0.3, -0.25) is 9.59 Å². The van der Waals surface area contributed by atoms with Gasteiger partial charge in [0.1, 0.15) is 5.76 Å². The number of allylic oxidation sites excluding steroid dienone is 2. The lowest BCUT2D eigenvalue weighted by atomic mass is 9.80. The number of ether oxygens (including phenoxy) is 2.